The summed E-state index contributed by atoms with van der Waals surface area (Å²) in [6.07, 6.45) is 0.296. The summed E-state index contributed by atoms with van der Waals surface area (Å²) in [5, 5.41) is 2.54. The molecule has 0 bridgehead atoms. The van der Waals surface area contributed by atoms with Crippen molar-refractivity contribution in [3.05, 3.63) is 29.8 Å². The Kier molecular flexibility index (Phi) is 4.04. The number of carbonyl (C=O) groups excluding carboxylic acids is 2. The van der Waals surface area contributed by atoms with Crippen molar-refractivity contribution in [1.29, 1.82) is 0 Å². The highest BCUT2D eigenvalue weighted by Gasteiger charge is 2.28. The monoisotopic (exact) mass is 262 g/mol. The van der Waals surface area contributed by atoms with Gasteiger partial charge in [-0.25, -0.2) is 4.79 Å². The molecule has 1 aliphatic heterocycles. The largest absolute Gasteiger partial charge is 0.450 e. The molecule has 5 heteroatoms. The standard InChI is InChI=1S/C14H18N2O3/c1-3-19-14(18)15-10(2)13(17)16-9-8-11-6-4-5-7-12(11)16/h4-7,10H,3,8-9H2,1-2H3,(H,15,18)/t10-/m0/s1. The third-order valence-electron chi connectivity index (χ3n) is 3.13. The Balaban J connectivity index is 2.03. The maximum atomic E-state index is 12.3. The first kappa shape index (κ1) is 13.4. The number of nitrogens with one attached hydrogen (secondary N) is 1. The van der Waals surface area contributed by atoms with Crippen LogP contribution in [0, 0.1) is 0 Å². The van der Waals surface area contributed by atoms with Crippen LogP contribution >= 0.6 is 0 Å². The van der Waals surface area contributed by atoms with Crippen LogP contribution in [0.4, 0.5) is 10.5 Å². The van der Waals surface area contributed by atoms with Gasteiger partial charge in [-0.05, 0) is 31.9 Å². The molecule has 0 fully saturated rings. The molecule has 1 aliphatic rings. The number of rotatable bonds is 3. The van der Waals surface area contributed by atoms with Gasteiger partial charge in [-0.15, -0.1) is 0 Å². The van der Waals surface area contributed by atoms with E-state index in [2.05, 4.69) is 5.32 Å². The van der Waals surface area contributed by atoms with Crippen LogP contribution in [0.25, 0.3) is 0 Å². The molecule has 2 rings (SSSR count). The molecule has 0 aliphatic carbocycles. The first-order valence-corrected chi connectivity index (χ1v) is 6.46. The first-order valence-electron chi connectivity index (χ1n) is 6.46. The van der Waals surface area contributed by atoms with E-state index in [-0.39, 0.29) is 5.91 Å². The molecule has 1 atom stereocenters. The van der Waals surface area contributed by atoms with Crippen molar-refractivity contribution in [3.63, 3.8) is 0 Å². The van der Waals surface area contributed by atoms with Crippen molar-refractivity contribution in [2.75, 3.05) is 18.1 Å². The van der Waals surface area contributed by atoms with Crippen LogP contribution in [-0.4, -0.2) is 31.2 Å². The summed E-state index contributed by atoms with van der Waals surface area (Å²) in [7, 11) is 0. The lowest BCUT2D eigenvalue weighted by atomic mass is 10.2. The minimum atomic E-state index is -0.592. The number of alkyl carbamates (subject to hydrolysis) is 1. The van der Waals surface area contributed by atoms with Crippen LogP contribution in [-0.2, 0) is 16.0 Å². The second kappa shape index (κ2) is 5.73. The number of amides is 2. The second-order valence-electron chi connectivity index (χ2n) is 4.46. The molecule has 1 aromatic carbocycles. The van der Waals surface area contributed by atoms with E-state index in [1.54, 1.807) is 18.7 Å². The lowest BCUT2D eigenvalue weighted by molar-refractivity contribution is -0.120. The Labute approximate surface area is 112 Å². The van der Waals surface area contributed by atoms with Crippen LogP contribution in [0.2, 0.25) is 0 Å². The van der Waals surface area contributed by atoms with Gasteiger partial charge in [0, 0.05) is 12.2 Å². The number of ether oxygens (including phenoxy) is 1. The fourth-order valence-electron chi connectivity index (χ4n) is 2.21. The van der Waals surface area contributed by atoms with E-state index < -0.39 is 12.1 Å². The fourth-order valence-corrected chi connectivity index (χ4v) is 2.21. The zero-order chi connectivity index (χ0) is 13.8. The molecule has 19 heavy (non-hydrogen) atoms. The molecule has 2 amide bonds. The van der Waals surface area contributed by atoms with Crippen LogP contribution < -0.4 is 10.2 Å². The number of nitrogens with zero attached hydrogens (tertiary/aromatic N) is 1. The van der Waals surface area contributed by atoms with Gasteiger partial charge in [-0.3, -0.25) is 4.79 Å². The van der Waals surface area contributed by atoms with Gasteiger partial charge in [-0.1, -0.05) is 18.2 Å². The molecular weight excluding hydrogens is 244 g/mol. The van der Waals surface area contributed by atoms with Gasteiger partial charge in [0.25, 0.3) is 0 Å². The number of fused-ring (bicyclic) bond motifs is 1. The zero-order valence-corrected chi connectivity index (χ0v) is 11.2. The van der Waals surface area contributed by atoms with Crippen molar-refractivity contribution < 1.29 is 14.3 Å². The van der Waals surface area contributed by atoms with Crippen LogP contribution in [0.15, 0.2) is 24.3 Å². The zero-order valence-electron chi connectivity index (χ0n) is 11.2. The first-order chi connectivity index (χ1) is 9.13. The van der Waals surface area contributed by atoms with Crippen molar-refractivity contribution in [2.24, 2.45) is 0 Å². The number of anilines is 1. The van der Waals surface area contributed by atoms with Crippen LogP contribution in [0.3, 0.4) is 0 Å². The average molecular weight is 262 g/mol. The molecule has 0 unspecified atom stereocenters. The summed E-state index contributed by atoms with van der Waals surface area (Å²) in [6, 6.07) is 7.23. The third-order valence-corrected chi connectivity index (χ3v) is 3.13. The number of benzene rings is 1. The summed E-state index contributed by atoms with van der Waals surface area (Å²) >= 11 is 0. The number of hydrogen-bond donors (Lipinski definition) is 1. The number of para-hydroxylation sites is 1. The van der Waals surface area contributed by atoms with Gasteiger partial charge in [0.15, 0.2) is 0 Å². The highest BCUT2D eigenvalue weighted by atomic mass is 16.5. The van der Waals surface area contributed by atoms with E-state index in [9.17, 15) is 9.59 Å². The average Bonchev–Trinajstić information content (AvgIpc) is 2.81. The van der Waals surface area contributed by atoms with Crippen LogP contribution in [0.1, 0.15) is 19.4 Å². The van der Waals surface area contributed by atoms with E-state index in [1.807, 2.05) is 24.3 Å². The van der Waals surface area contributed by atoms with Crippen molar-refractivity contribution in [1.82, 2.24) is 5.32 Å². The predicted molar refractivity (Wildman–Crippen MR) is 72.1 cm³/mol. The summed E-state index contributed by atoms with van der Waals surface area (Å²) < 4.78 is 4.77. The Morgan fingerprint density at radius 3 is 2.89 bits per heavy atom. The number of hydrogen-bond acceptors (Lipinski definition) is 3. The van der Waals surface area contributed by atoms with Gasteiger partial charge in [0.2, 0.25) is 5.91 Å². The Bertz CT molecular complexity index is 487. The molecule has 0 radical (unpaired) electrons. The predicted octanol–water partition coefficient (Wildman–Crippen LogP) is 1.71. The fraction of sp³-hybridized carbons (Fsp3) is 0.429. The van der Waals surface area contributed by atoms with Crippen molar-refractivity contribution in [3.8, 4) is 0 Å². The lowest BCUT2D eigenvalue weighted by Gasteiger charge is -2.22. The molecule has 5 nitrogen and oxygen atoms in total. The normalized spacial score (nSPS) is 14.7. The van der Waals surface area contributed by atoms with Gasteiger partial charge in [-0.2, -0.15) is 0 Å². The molecule has 0 spiro atoms. The molecule has 0 aromatic heterocycles. The van der Waals surface area contributed by atoms with Gasteiger partial charge < -0.3 is 15.0 Å². The van der Waals surface area contributed by atoms with Gasteiger partial charge >= 0.3 is 6.09 Å². The van der Waals surface area contributed by atoms with Crippen molar-refractivity contribution in [2.45, 2.75) is 26.3 Å². The third kappa shape index (κ3) is 2.86. The molecule has 102 valence electrons. The summed E-state index contributed by atoms with van der Waals surface area (Å²) in [6.45, 7) is 4.34. The maximum Gasteiger partial charge on any atom is 0.407 e. The van der Waals surface area contributed by atoms with Gasteiger partial charge in [0.1, 0.15) is 6.04 Å². The summed E-state index contributed by atoms with van der Waals surface area (Å²) in [5.41, 5.74) is 2.10. The summed E-state index contributed by atoms with van der Waals surface area (Å²) in [4.78, 5) is 25.3. The molecule has 0 saturated heterocycles. The smallest absolute Gasteiger partial charge is 0.407 e. The molecule has 1 aromatic rings. The highest BCUT2D eigenvalue weighted by molar-refractivity contribution is 6.00. The van der Waals surface area contributed by atoms with E-state index in [4.69, 9.17) is 4.74 Å². The molecule has 1 heterocycles. The summed E-state index contributed by atoms with van der Waals surface area (Å²) in [5.74, 6) is -0.113. The SMILES string of the molecule is CCOC(=O)N[C@@H](C)C(=O)N1CCc2ccccc21. The number of carbonyl (C=O) groups is 2. The minimum absolute atomic E-state index is 0.113. The minimum Gasteiger partial charge on any atom is -0.450 e. The second-order valence-corrected chi connectivity index (χ2v) is 4.46. The quantitative estimate of drug-likeness (QED) is 0.902. The van der Waals surface area contributed by atoms with Gasteiger partial charge in [0.05, 0.1) is 6.61 Å². The van der Waals surface area contributed by atoms with E-state index in [0.717, 1.165) is 12.1 Å². The van der Waals surface area contributed by atoms with Crippen LogP contribution in [0.5, 0.6) is 0 Å². The van der Waals surface area contributed by atoms with Crippen molar-refractivity contribution >= 4 is 17.7 Å². The van der Waals surface area contributed by atoms with E-state index in [0.29, 0.717) is 13.2 Å². The Morgan fingerprint density at radius 1 is 1.42 bits per heavy atom. The van der Waals surface area contributed by atoms with E-state index >= 15 is 0 Å². The Hall–Kier alpha value is -2.04. The van der Waals surface area contributed by atoms with E-state index in [1.165, 1.54) is 5.56 Å². The topological polar surface area (TPSA) is 58.6 Å². The molecule has 1 N–H and O–H groups in total. The lowest BCUT2D eigenvalue weighted by Crippen LogP contribution is -2.46. The Morgan fingerprint density at radius 2 is 2.16 bits per heavy atom. The molecule has 0 saturated carbocycles. The molecular formula is C14H18N2O3. The maximum absolute atomic E-state index is 12.3. The highest BCUT2D eigenvalue weighted by Crippen LogP contribution is 2.27.